The molecule has 0 saturated heterocycles. The number of anilines is 2. The molecule has 2 aromatic rings. The zero-order valence-corrected chi connectivity index (χ0v) is 24.2. The smallest absolute Gasteiger partial charge is 0.251 e. The Kier molecular flexibility index (Phi) is 9.08. The molecule has 206 valence electrons. The number of ether oxygens (including phenoxy) is 2. The van der Waals surface area contributed by atoms with Crippen LogP contribution in [0.3, 0.4) is 0 Å². The number of likely N-dealkylation sites (N-methyl/N-ethyl adjacent to an activating group) is 1. The maximum atomic E-state index is 13.9. The van der Waals surface area contributed by atoms with Crippen molar-refractivity contribution in [3.8, 4) is 5.75 Å². The number of hydrogen-bond acceptors (Lipinski definition) is 4. The Morgan fingerprint density at radius 1 is 1.13 bits per heavy atom. The zero-order chi connectivity index (χ0) is 28.2. The van der Waals surface area contributed by atoms with Crippen LogP contribution >= 0.6 is 0 Å². The number of amides is 1. The van der Waals surface area contributed by atoms with Crippen LogP contribution in [0, 0.1) is 18.7 Å². The number of methoxy groups -OCH3 is 1. The van der Waals surface area contributed by atoms with Gasteiger partial charge in [-0.05, 0) is 69.4 Å². The molecule has 1 aliphatic heterocycles. The first kappa shape index (κ1) is 29.0. The lowest BCUT2D eigenvalue weighted by Gasteiger charge is -2.39. The molecule has 1 heterocycles. The summed E-state index contributed by atoms with van der Waals surface area (Å²) in [6.45, 7) is 14.3. The van der Waals surface area contributed by atoms with Crippen molar-refractivity contribution >= 4 is 22.9 Å². The second-order valence-corrected chi connectivity index (χ2v) is 11.1. The molecule has 0 bridgehead atoms. The Balaban J connectivity index is 0.000000998. The van der Waals surface area contributed by atoms with Gasteiger partial charge in [0.1, 0.15) is 29.5 Å². The van der Waals surface area contributed by atoms with Crippen molar-refractivity contribution in [2.75, 3.05) is 24.4 Å². The maximum absolute atomic E-state index is 13.9. The quantitative estimate of drug-likeness (QED) is 0.432. The normalized spacial score (nSPS) is 16.2. The second kappa shape index (κ2) is 11.9. The molecule has 0 radical (unpaired) electrons. The fourth-order valence-electron chi connectivity index (χ4n) is 4.46. The summed E-state index contributed by atoms with van der Waals surface area (Å²) in [4.78, 5) is 14.8. The number of carbonyl (C=O) groups is 1. The summed E-state index contributed by atoms with van der Waals surface area (Å²) in [7, 11) is 3.44. The van der Waals surface area contributed by atoms with E-state index in [0.29, 0.717) is 5.75 Å². The molecule has 0 aromatic heterocycles. The van der Waals surface area contributed by atoms with Crippen LogP contribution in [0.2, 0.25) is 0 Å². The topological polar surface area (TPSA) is 50.8 Å². The van der Waals surface area contributed by atoms with E-state index in [9.17, 15) is 9.18 Å². The van der Waals surface area contributed by atoms with E-state index in [-0.39, 0.29) is 19.8 Å². The number of nitrogens with zero attached hydrogens (tertiary/aromatic N) is 1. The van der Waals surface area contributed by atoms with E-state index in [4.69, 9.17) is 9.47 Å². The number of halogens is 1. The predicted molar refractivity (Wildman–Crippen MR) is 157 cm³/mol. The molecular formula is C32H43FN2O3. The van der Waals surface area contributed by atoms with Gasteiger partial charge < -0.3 is 19.7 Å². The van der Waals surface area contributed by atoms with Crippen LogP contribution in [-0.2, 0) is 16.1 Å². The predicted octanol–water partition coefficient (Wildman–Crippen LogP) is 8.05. The van der Waals surface area contributed by atoms with Gasteiger partial charge in [0, 0.05) is 25.7 Å². The molecule has 0 atom stereocenters. The van der Waals surface area contributed by atoms with Crippen molar-refractivity contribution in [1.29, 1.82) is 0 Å². The molecule has 0 saturated carbocycles. The van der Waals surface area contributed by atoms with Crippen molar-refractivity contribution in [2.45, 2.75) is 67.0 Å². The summed E-state index contributed by atoms with van der Waals surface area (Å²) >= 11 is 0. The highest BCUT2D eigenvalue weighted by Gasteiger charge is 2.39. The largest absolute Gasteiger partial charge is 0.496 e. The Morgan fingerprint density at radius 2 is 1.82 bits per heavy atom. The molecule has 1 aliphatic carbocycles. The first-order valence-corrected chi connectivity index (χ1v) is 13.1. The highest BCUT2D eigenvalue weighted by molar-refractivity contribution is 6.08. The van der Waals surface area contributed by atoms with Crippen molar-refractivity contribution < 1.29 is 20.1 Å². The molecule has 1 N–H and O–H groups in total. The Hall–Kier alpha value is -3.54. The molecule has 1 amide bonds. The van der Waals surface area contributed by atoms with Gasteiger partial charge in [0.15, 0.2) is 0 Å². The summed E-state index contributed by atoms with van der Waals surface area (Å²) < 4.78 is 25.8. The van der Waals surface area contributed by atoms with Gasteiger partial charge in [-0.2, -0.15) is 0 Å². The first-order valence-electron chi connectivity index (χ1n) is 13.1. The second-order valence-electron chi connectivity index (χ2n) is 11.1. The lowest BCUT2D eigenvalue weighted by atomic mass is 9.91. The van der Waals surface area contributed by atoms with Crippen LogP contribution in [-0.4, -0.2) is 25.6 Å². The van der Waals surface area contributed by atoms with Crippen molar-refractivity contribution in [1.82, 2.24) is 0 Å². The average molecular weight is 523 g/mol. The fraction of sp³-hybridized carbons (Fsp3) is 0.406. The van der Waals surface area contributed by atoms with E-state index in [2.05, 4.69) is 45.2 Å². The number of nitrogens with one attached hydrogen (secondary N) is 1. The Labute approximate surface area is 228 Å². The third-order valence-electron chi connectivity index (χ3n) is 6.35. The van der Waals surface area contributed by atoms with E-state index in [1.807, 2.05) is 39.0 Å². The minimum Gasteiger partial charge on any atom is -0.496 e. The van der Waals surface area contributed by atoms with Crippen LogP contribution < -0.4 is 15.0 Å². The van der Waals surface area contributed by atoms with Gasteiger partial charge in [0.25, 0.3) is 5.91 Å². The summed E-state index contributed by atoms with van der Waals surface area (Å²) in [5.74, 6) is 1.65. The Morgan fingerprint density at radius 3 is 2.47 bits per heavy atom. The highest BCUT2D eigenvalue weighted by Crippen LogP contribution is 2.43. The molecule has 2 aliphatic rings. The van der Waals surface area contributed by atoms with Gasteiger partial charge in [-0.1, -0.05) is 50.6 Å². The maximum Gasteiger partial charge on any atom is 0.251 e. The number of fused-ring (bicyclic) bond motifs is 1. The van der Waals surface area contributed by atoms with Gasteiger partial charge in [0.05, 0.1) is 18.5 Å². The number of aryl methyl sites for hydroxylation is 1. The van der Waals surface area contributed by atoms with Gasteiger partial charge in [0.2, 0.25) is 0 Å². The van der Waals surface area contributed by atoms with Crippen LogP contribution in [0.15, 0.2) is 59.9 Å². The number of carbonyl (C=O) groups excluding carboxylic acids is 1. The summed E-state index contributed by atoms with van der Waals surface area (Å²) in [6, 6.07) is 8.51. The molecule has 4 rings (SSSR count). The van der Waals surface area contributed by atoms with E-state index < -0.39 is 5.54 Å². The molecular weight excluding hydrogens is 479 g/mol. The van der Waals surface area contributed by atoms with Gasteiger partial charge in [-0.3, -0.25) is 4.79 Å². The van der Waals surface area contributed by atoms with E-state index >= 15 is 0 Å². The number of allylic oxidation sites excluding steroid dienone is 5. The van der Waals surface area contributed by atoms with Crippen LogP contribution in [0.25, 0.3) is 5.57 Å². The van der Waals surface area contributed by atoms with Crippen molar-refractivity contribution in [2.24, 2.45) is 5.92 Å². The molecule has 6 heteroatoms. The number of rotatable bonds is 5. The van der Waals surface area contributed by atoms with Crippen LogP contribution in [0.5, 0.6) is 5.75 Å². The van der Waals surface area contributed by atoms with Crippen LogP contribution in [0.1, 0.15) is 66.1 Å². The van der Waals surface area contributed by atoms with E-state index in [1.165, 1.54) is 17.7 Å². The molecule has 2 aromatic carbocycles. The molecule has 0 unspecified atom stereocenters. The lowest BCUT2D eigenvalue weighted by Crippen LogP contribution is -2.52. The molecule has 5 nitrogen and oxygen atoms in total. The molecule has 38 heavy (non-hydrogen) atoms. The number of benzene rings is 2. The minimum atomic E-state index is -0.737. The third kappa shape index (κ3) is 6.47. The Bertz CT molecular complexity index is 1290. The SMILES string of the molecule is CC(C)C.COC1=CCC(C)=CC=C1c1ccc2c(c1COc1cc(F)ccc1C)N(C)C(=O)C(C)(C)N2.[HH]. The summed E-state index contributed by atoms with van der Waals surface area (Å²) in [5, 5.41) is 3.37. The first-order chi connectivity index (χ1) is 17.9. The number of hydrogen-bond donors (Lipinski definition) is 1. The van der Waals surface area contributed by atoms with E-state index in [0.717, 1.165) is 51.7 Å². The fourth-order valence-corrected chi connectivity index (χ4v) is 4.46. The van der Waals surface area contributed by atoms with Gasteiger partial charge in [-0.15, -0.1) is 0 Å². The lowest BCUT2D eigenvalue weighted by molar-refractivity contribution is -0.121. The minimum absolute atomic E-state index is 0. The standard InChI is InChI=1S/C28H31FN2O3.C4H10.H2/c1-17-7-11-21(24(33-6)14-8-17)20-12-13-23-26(31(5)27(32)28(3,4)30-23)22(20)16-34-25-15-19(29)10-9-18(25)2;1-4(2)3;/h7,9-15,30H,8,16H2,1-6H3;4H,1-3H3;1H. The summed E-state index contributed by atoms with van der Waals surface area (Å²) in [5.41, 5.74) is 5.52. The van der Waals surface area contributed by atoms with Gasteiger partial charge in [-0.25, -0.2) is 4.39 Å². The van der Waals surface area contributed by atoms with Crippen molar-refractivity contribution in [3.05, 3.63) is 82.4 Å². The molecule has 0 fully saturated rings. The highest BCUT2D eigenvalue weighted by atomic mass is 19.1. The average Bonchev–Trinajstić information content (AvgIpc) is 3.03. The van der Waals surface area contributed by atoms with Crippen molar-refractivity contribution in [3.63, 3.8) is 0 Å². The van der Waals surface area contributed by atoms with Crippen LogP contribution in [0.4, 0.5) is 15.8 Å². The monoisotopic (exact) mass is 522 g/mol. The zero-order valence-electron chi connectivity index (χ0n) is 24.2. The third-order valence-corrected chi connectivity index (χ3v) is 6.35. The molecule has 0 spiro atoms. The summed E-state index contributed by atoms with van der Waals surface area (Å²) in [6.07, 6.45) is 6.96. The van der Waals surface area contributed by atoms with Gasteiger partial charge >= 0.3 is 0 Å². The van der Waals surface area contributed by atoms with E-state index in [1.54, 1.807) is 25.1 Å².